The molecule has 10 heteroatoms. The minimum atomic E-state index is -3.84. The predicted molar refractivity (Wildman–Crippen MR) is 127 cm³/mol. The molecule has 2 amide bonds. The van der Waals surface area contributed by atoms with Gasteiger partial charge in [-0.2, -0.15) is 0 Å². The number of hydrogen-bond acceptors (Lipinski definition) is 6. The number of nitrogens with zero attached hydrogens (tertiary/aromatic N) is 2. The summed E-state index contributed by atoms with van der Waals surface area (Å²) >= 11 is 0. The molecule has 2 rings (SSSR count). The van der Waals surface area contributed by atoms with E-state index in [4.69, 9.17) is 9.47 Å². The minimum Gasteiger partial charge on any atom is -0.497 e. The molecule has 0 unspecified atom stereocenters. The van der Waals surface area contributed by atoms with Gasteiger partial charge in [-0.05, 0) is 43.7 Å². The molecule has 2 aromatic rings. The van der Waals surface area contributed by atoms with Crippen LogP contribution in [0.3, 0.4) is 0 Å². The lowest BCUT2D eigenvalue weighted by molar-refractivity contribution is -0.139. The average molecular weight is 478 g/mol. The lowest BCUT2D eigenvalue weighted by Crippen LogP contribution is -2.50. The molecule has 1 N–H and O–H groups in total. The van der Waals surface area contributed by atoms with E-state index in [1.54, 1.807) is 62.4 Å². The number of hydrogen-bond donors (Lipinski definition) is 1. The van der Waals surface area contributed by atoms with Gasteiger partial charge in [0, 0.05) is 13.6 Å². The molecule has 9 nitrogen and oxygen atoms in total. The van der Waals surface area contributed by atoms with Gasteiger partial charge in [0.1, 0.15) is 24.1 Å². The highest BCUT2D eigenvalue weighted by molar-refractivity contribution is 7.92. The molecular weight excluding hydrogens is 446 g/mol. The van der Waals surface area contributed by atoms with Crippen molar-refractivity contribution < 1.29 is 27.5 Å². The number of rotatable bonds is 11. The second-order valence-electron chi connectivity index (χ2n) is 7.33. The summed E-state index contributed by atoms with van der Waals surface area (Å²) in [6, 6.07) is 12.9. The first kappa shape index (κ1) is 26.0. The summed E-state index contributed by atoms with van der Waals surface area (Å²) in [5.74, 6) is 0.0466. The Bertz CT molecular complexity index is 1070. The van der Waals surface area contributed by atoms with Gasteiger partial charge in [0.25, 0.3) is 0 Å². The Hall–Kier alpha value is -3.27. The third kappa shape index (κ3) is 6.85. The number of methoxy groups -OCH3 is 1. The minimum absolute atomic E-state index is 0.0926. The largest absolute Gasteiger partial charge is 0.497 e. The molecule has 2 aromatic carbocycles. The van der Waals surface area contributed by atoms with Crippen LogP contribution >= 0.6 is 0 Å². The Morgan fingerprint density at radius 2 is 1.82 bits per heavy atom. The second-order valence-corrected chi connectivity index (χ2v) is 9.24. The second kappa shape index (κ2) is 11.6. The van der Waals surface area contributed by atoms with E-state index in [0.29, 0.717) is 18.1 Å². The van der Waals surface area contributed by atoms with Crippen LogP contribution in [0.25, 0.3) is 0 Å². The number of likely N-dealkylation sites (N-methyl/N-ethyl adjacent to an activating group) is 1. The van der Waals surface area contributed by atoms with E-state index in [9.17, 15) is 18.0 Å². The van der Waals surface area contributed by atoms with E-state index >= 15 is 0 Å². The number of benzene rings is 2. The number of carbonyl (C=O) groups is 2. The maximum absolute atomic E-state index is 13.4. The molecule has 0 heterocycles. The number of nitrogens with one attached hydrogen (secondary N) is 1. The molecule has 0 bridgehead atoms. The normalized spacial score (nSPS) is 11.9. The zero-order chi connectivity index (χ0) is 24.6. The molecule has 0 saturated carbocycles. The molecule has 0 aliphatic rings. The van der Waals surface area contributed by atoms with Crippen molar-refractivity contribution in [1.29, 1.82) is 0 Å². The molecule has 0 aromatic heterocycles. The van der Waals surface area contributed by atoms with Crippen LogP contribution in [0.2, 0.25) is 0 Å². The number of sulfonamides is 1. The zero-order valence-electron chi connectivity index (χ0n) is 19.6. The van der Waals surface area contributed by atoms with Crippen LogP contribution in [0, 0.1) is 0 Å². The number of anilines is 1. The van der Waals surface area contributed by atoms with Gasteiger partial charge in [0.2, 0.25) is 21.8 Å². The molecule has 0 radical (unpaired) electrons. The lowest BCUT2D eigenvalue weighted by Gasteiger charge is -2.31. The summed E-state index contributed by atoms with van der Waals surface area (Å²) in [6.45, 7) is 3.31. The maximum Gasteiger partial charge on any atom is 0.244 e. The van der Waals surface area contributed by atoms with E-state index in [-0.39, 0.29) is 18.1 Å². The van der Waals surface area contributed by atoms with E-state index in [1.165, 1.54) is 19.1 Å². The molecule has 1 atom stereocenters. The van der Waals surface area contributed by atoms with Crippen LogP contribution in [0.1, 0.15) is 19.4 Å². The van der Waals surface area contributed by atoms with Gasteiger partial charge in [-0.3, -0.25) is 13.9 Å². The zero-order valence-corrected chi connectivity index (χ0v) is 20.4. The van der Waals surface area contributed by atoms with Gasteiger partial charge < -0.3 is 19.7 Å². The predicted octanol–water partition coefficient (Wildman–Crippen LogP) is 2.02. The van der Waals surface area contributed by atoms with Crippen molar-refractivity contribution in [3.8, 4) is 11.5 Å². The molecular formula is C23H31N3O6S. The van der Waals surface area contributed by atoms with Gasteiger partial charge in [0.05, 0.1) is 25.7 Å². The van der Waals surface area contributed by atoms with Crippen LogP contribution in [0.4, 0.5) is 5.69 Å². The molecule has 0 aliphatic heterocycles. The quantitative estimate of drug-likeness (QED) is 0.531. The van der Waals surface area contributed by atoms with Crippen LogP contribution in [-0.2, 0) is 26.2 Å². The fourth-order valence-electron chi connectivity index (χ4n) is 3.29. The topological polar surface area (TPSA) is 105 Å². The highest BCUT2D eigenvalue weighted by atomic mass is 32.2. The van der Waals surface area contributed by atoms with Gasteiger partial charge in [-0.25, -0.2) is 8.42 Å². The summed E-state index contributed by atoms with van der Waals surface area (Å²) in [4.78, 5) is 27.2. The SMILES string of the molecule is CCOc1ccccc1N(CC(=O)N(Cc1cccc(OC)c1)[C@H](C)C(=O)NC)S(C)(=O)=O. The van der Waals surface area contributed by atoms with Crippen LogP contribution < -0.4 is 19.1 Å². The molecule has 0 aliphatic carbocycles. The number of carbonyl (C=O) groups excluding carboxylic acids is 2. The molecule has 180 valence electrons. The third-order valence-corrected chi connectivity index (χ3v) is 6.14. The lowest BCUT2D eigenvalue weighted by atomic mass is 10.1. The van der Waals surface area contributed by atoms with Gasteiger partial charge in [-0.15, -0.1) is 0 Å². The average Bonchev–Trinajstić information content (AvgIpc) is 2.80. The Morgan fingerprint density at radius 3 is 2.42 bits per heavy atom. The number of ether oxygens (including phenoxy) is 2. The van der Waals surface area contributed by atoms with Crippen molar-refractivity contribution in [2.45, 2.75) is 26.4 Å². The number of para-hydroxylation sites is 2. The molecule has 33 heavy (non-hydrogen) atoms. The van der Waals surface area contributed by atoms with Crippen molar-refractivity contribution in [3.63, 3.8) is 0 Å². The molecule has 0 spiro atoms. The summed E-state index contributed by atoms with van der Waals surface area (Å²) in [5, 5.41) is 2.54. The fraction of sp³-hybridized carbons (Fsp3) is 0.391. The van der Waals surface area contributed by atoms with Crippen LogP contribution in [0.5, 0.6) is 11.5 Å². The van der Waals surface area contributed by atoms with E-state index in [1.807, 2.05) is 0 Å². The Balaban J connectivity index is 2.43. The highest BCUT2D eigenvalue weighted by Gasteiger charge is 2.30. The van der Waals surface area contributed by atoms with Crippen molar-refractivity contribution in [2.75, 3.05) is 37.9 Å². The van der Waals surface area contributed by atoms with Crippen LogP contribution in [0.15, 0.2) is 48.5 Å². The van der Waals surface area contributed by atoms with Gasteiger partial charge in [-0.1, -0.05) is 24.3 Å². The van der Waals surface area contributed by atoms with Crippen molar-refractivity contribution >= 4 is 27.5 Å². The monoisotopic (exact) mass is 477 g/mol. The van der Waals surface area contributed by atoms with E-state index in [2.05, 4.69) is 5.32 Å². The summed E-state index contributed by atoms with van der Waals surface area (Å²) < 4.78 is 37.1. The van der Waals surface area contributed by atoms with Crippen molar-refractivity contribution in [3.05, 3.63) is 54.1 Å². The fourth-order valence-corrected chi connectivity index (χ4v) is 4.15. The summed E-state index contributed by atoms with van der Waals surface area (Å²) in [7, 11) is -0.820. The van der Waals surface area contributed by atoms with Crippen molar-refractivity contribution in [2.24, 2.45) is 0 Å². The Morgan fingerprint density at radius 1 is 1.12 bits per heavy atom. The summed E-state index contributed by atoms with van der Waals surface area (Å²) in [5.41, 5.74) is 0.989. The van der Waals surface area contributed by atoms with Gasteiger partial charge in [0.15, 0.2) is 0 Å². The third-order valence-electron chi connectivity index (χ3n) is 5.01. The Kier molecular flexibility index (Phi) is 9.10. The molecule has 0 saturated heterocycles. The van der Waals surface area contributed by atoms with Gasteiger partial charge >= 0.3 is 0 Å². The maximum atomic E-state index is 13.4. The summed E-state index contributed by atoms with van der Waals surface area (Å²) in [6.07, 6.45) is 1.03. The number of amides is 2. The highest BCUT2D eigenvalue weighted by Crippen LogP contribution is 2.30. The van der Waals surface area contributed by atoms with Crippen LogP contribution in [-0.4, -0.2) is 64.7 Å². The Labute approximate surface area is 195 Å². The van der Waals surface area contributed by atoms with E-state index < -0.39 is 28.5 Å². The first-order valence-corrected chi connectivity index (χ1v) is 12.3. The first-order valence-electron chi connectivity index (χ1n) is 10.5. The smallest absolute Gasteiger partial charge is 0.244 e. The van der Waals surface area contributed by atoms with E-state index in [0.717, 1.165) is 16.1 Å². The molecule has 0 fully saturated rings. The van der Waals surface area contributed by atoms with Crippen molar-refractivity contribution in [1.82, 2.24) is 10.2 Å². The first-order chi connectivity index (χ1) is 15.6. The standard InChI is InChI=1S/C23H31N3O6S/c1-6-32-21-13-8-7-12-20(21)26(33(5,29)30)16-22(27)25(17(2)23(28)24-3)15-18-10-9-11-19(14-18)31-4/h7-14,17H,6,15-16H2,1-5H3,(H,24,28)/t17-/m1/s1.